The molecule has 2 amide bonds. The molecule has 4 N–H and O–H groups in total. The normalized spacial score (nSPS) is 16.7. The maximum Gasteiger partial charge on any atom is 0.261 e. The van der Waals surface area contributed by atoms with Crippen LogP contribution in [0, 0.1) is 13.8 Å². The molecule has 2 aliphatic rings. The number of carbonyl (C=O) groups is 2. The van der Waals surface area contributed by atoms with E-state index in [1.54, 1.807) is 18.2 Å². The van der Waals surface area contributed by atoms with Gasteiger partial charge in [0.25, 0.3) is 17.4 Å². The maximum atomic E-state index is 13.3. The Morgan fingerprint density at radius 2 is 1.81 bits per heavy atom. The lowest BCUT2D eigenvalue weighted by molar-refractivity contribution is 0.0516. The number of ether oxygens (including phenoxy) is 1. The number of hydrogen-bond donors (Lipinski definition) is 4. The molecular formula is C31H34N6O5. The lowest BCUT2D eigenvalue weighted by Gasteiger charge is -2.33. The Kier molecular flexibility index (Phi) is 7.29. The third kappa shape index (κ3) is 5.17. The number of aliphatic hydroxyl groups is 1. The van der Waals surface area contributed by atoms with Gasteiger partial charge in [0.15, 0.2) is 0 Å². The number of benzene rings is 2. The number of H-pyrrole nitrogens is 2. The second kappa shape index (κ2) is 11.1. The van der Waals surface area contributed by atoms with Gasteiger partial charge in [0, 0.05) is 18.8 Å². The molecule has 2 aromatic heterocycles. The Morgan fingerprint density at radius 3 is 2.55 bits per heavy atom. The van der Waals surface area contributed by atoms with Crippen LogP contribution in [0.3, 0.4) is 0 Å². The van der Waals surface area contributed by atoms with Gasteiger partial charge in [0.1, 0.15) is 29.8 Å². The van der Waals surface area contributed by atoms with E-state index in [1.807, 2.05) is 39.1 Å². The van der Waals surface area contributed by atoms with Gasteiger partial charge in [0.05, 0.1) is 27.8 Å². The predicted octanol–water partition coefficient (Wildman–Crippen LogP) is 3.08. The smallest absolute Gasteiger partial charge is 0.261 e. The van der Waals surface area contributed by atoms with Crippen LogP contribution in [0.2, 0.25) is 0 Å². The fraction of sp³-hybridized carbons (Fsp3) is 0.355. The minimum absolute atomic E-state index is 0.0717. The van der Waals surface area contributed by atoms with Crippen molar-refractivity contribution in [2.24, 2.45) is 0 Å². The van der Waals surface area contributed by atoms with Crippen LogP contribution >= 0.6 is 0 Å². The van der Waals surface area contributed by atoms with E-state index in [-0.39, 0.29) is 48.0 Å². The average molecular weight is 571 g/mol. The largest absolute Gasteiger partial charge is 0.491 e. The Hall–Kier alpha value is -4.48. The van der Waals surface area contributed by atoms with Gasteiger partial charge >= 0.3 is 0 Å². The number of aromatic nitrogens is 3. The first-order valence-electron chi connectivity index (χ1n) is 14.1. The summed E-state index contributed by atoms with van der Waals surface area (Å²) >= 11 is 0. The lowest BCUT2D eigenvalue weighted by Crippen LogP contribution is -2.46. The summed E-state index contributed by atoms with van der Waals surface area (Å²) in [6.45, 7) is 5.83. The summed E-state index contributed by atoms with van der Waals surface area (Å²) in [5, 5.41) is 13.7. The second-order valence-electron chi connectivity index (χ2n) is 11.2. The molecule has 1 fully saturated rings. The van der Waals surface area contributed by atoms with Crippen LogP contribution in [-0.4, -0.2) is 87.1 Å². The zero-order chi connectivity index (χ0) is 29.5. The molecular weight excluding hydrogens is 536 g/mol. The van der Waals surface area contributed by atoms with E-state index in [1.165, 1.54) is 11.1 Å². The van der Waals surface area contributed by atoms with E-state index < -0.39 is 6.10 Å². The van der Waals surface area contributed by atoms with Gasteiger partial charge in [-0.1, -0.05) is 17.7 Å². The molecule has 0 unspecified atom stereocenters. The number of aliphatic hydroxyl groups excluding tert-OH is 1. The average Bonchev–Trinajstić information content (AvgIpc) is 3.48. The number of fused-ring (bicyclic) bond motifs is 2. The summed E-state index contributed by atoms with van der Waals surface area (Å²) in [6, 6.07) is 10.7. The number of carbonyl (C=O) groups excluding carboxylic acids is 2. The molecule has 4 aromatic rings. The zero-order valence-electron chi connectivity index (χ0n) is 23.9. The Labute approximate surface area is 242 Å². The van der Waals surface area contributed by atoms with Crippen LogP contribution in [-0.2, 0) is 0 Å². The number of anilines is 1. The minimum Gasteiger partial charge on any atom is -0.491 e. The molecule has 11 nitrogen and oxygen atoms in total. The van der Waals surface area contributed by atoms with E-state index in [0.29, 0.717) is 33.6 Å². The SMILES string of the molecule is Cc1ccc(OC[C@@H](O)CNc2cc[nH]c(=O)c2-c2nc3cc4c(cc3[nH]2)C(=O)N(C2CCN(C)CC2)C4=O)c(C)c1. The van der Waals surface area contributed by atoms with Crippen molar-refractivity contribution in [3.63, 3.8) is 0 Å². The molecule has 0 bridgehead atoms. The summed E-state index contributed by atoms with van der Waals surface area (Å²) in [5.74, 6) is 0.399. The molecule has 1 atom stereocenters. The van der Waals surface area contributed by atoms with Gasteiger partial charge in [-0.05, 0) is 76.7 Å². The van der Waals surface area contributed by atoms with Crippen molar-refractivity contribution in [3.8, 4) is 17.1 Å². The molecule has 1 saturated heterocycles. The molecule has 2 aliphatic heterocycles. The third-order valence-electron chi connectivity index (χ3n) is 8.06. The number of nitrogens with one attached hydrogen (secondary N) is 3. The summed E-state index contributed by atoms with van der Waals surface area (Å²) in [7, 11) is 2.03. The van der Waals surface area contributed by atoms with E-state index >= 15 is 0 Å². The molecule has 4 heterocycles. The van der Waals surface area contributed by atoms with E-state index in [0.717, 1.165) is 37.1 Å². The van der Waals surface area contributed by atoms with Gasteiger partial charge in [-0.25, -0.2) is 4.98 Å². The first-order chi connectivity index (χ1) is 20.2. The molecule has 0 radical (unpaired) electrons. The number of hydrogen-bond acceptors (Lipinski definition) is 8. The quantitative estimate of drug-likeness (QED) is 0.237. The first kappa shape index (κ1) is 27.7. The topological polar surface area (TPSA) is 144 Å². The van der Waals surface area contributed by atoms with Crippen molar-refractivity contribution in [1.82, 2.24) is 24.8 Å². The fourth-order valence-electron chi connectivity index (χ4n) is 5.76. The highest BCUT2D eigenvalue weighted by atomic mass is 16.5. The third-order valence-corrected chi connectivity index (χ3v) is 8.06. The second-order valence-corrected chi connectivity index (χ2v) is 11.2. The summed E-state index contributed by atoms with van der Waals surface area (Å²) in [5.41, 5.74) is 4.16. The standard InChI is InChI=1S/C31H34N6O5/c1-17-4-5-26(18(2)12-17)42-16-20(38)15-33-23-6-9-32-29(39)27(23)28-34-24-13-21-22(14-25(24)35-28)31(41)37(30(21)40)19-7-10-36(3)11-8-19/h4-6,9,12-14,19-20,38H,7-8,10-11,15-16H2,1-3H3,(H,34,35)(H2,32,33,39)/t20-/m0/s1. The molecule has 0 saturated carbocycles. The highest BCUT2D eigenvalue weighted by Gasteiger charge is 2.41. The molecule has 42 heavy (non-hydrogen) atoms. The van der Waals surface area contributed by atoms with Gasteiger partial charge in [-0.15, -0.1) is 0 Å². The van der Waals surface area contributed by atoms with Crippen LogP contribution in [0.15, 0.2) is 47.4 Å². The van der Waals surface area contributed by atoms with Crippen LogP contribution < -0.4 is 15.6 Å². The van der Waals surface area contributed by atoms with E-state index in [4.69, 9.17) is 4.74 Å². The van der Waals surface area contributed by atoms with E-state index in [9.17, 15) is 19.5 Å². The number of pyridine rings is 1. The van der Waals surface area contributed by atoms with Crippen LogP contribution in [0.4, 0.5) is 5.69 Å². The molecule has 11 heteroatoms. The number of aryl methyl sites for hydroxylation is 2. The van der Waals surface area contributed by atoms with E-state index in [2.05, 4.69) is 25.2 Å². The van der Waals surface area contributed by atoms with Crippen molar-refractivity contribution in [2.75, 3.05) is 38.6 Å². The highest BCUT2D eigenvalue weighted by molar-refractivity contribution is 6.23. The molecule has 2 aromatic carbocycles. The fourth-order valence-corrected chi connectivity index (χ4v) is 5.76. The van der Waals surface area contributed by atoms with Gasteiger partial charge in [-0.2, -0.15) is 0 Å². The number of imide groups is 1. The van der Waals surface area contributed by atoms with Crippen molar-refractivity contribution in [1.29, 1.82) is 0 Å². The minimum atomic E-state index is -0.846. The summed E-state index contributed by atoms with van der Waals surface area (Å²) in [6.07, 6.45) is 2.17. The van der Waals surface area contributed by atoms with Crippen molar-refractivity contribution < 1.29 is 19.4 Å². The monoisotopic (exact) mass is 570 g/mol. The maximum absolute atomic E-state index is 13.3. The summed E-state index contributed by atoms with van der Waals surface area (Å²) in [4.78, 5) is 53.6. The number of amides is 2. The van der Waals surface area contributed by atoms with Gasteiger partial charge in [0.2, 0.25) is 0 Å². The number of imidazole rings is 1. The van der Waals surface area contributed by atoms with Gasteiger partial charge < -0.3 is 30.0 Å². The van der Waals surface area contributed by atoms with Crippen molar-refractivity contribution in [3.05, 3.63) is 75.2 Å². The molecule has 0 aliphatic carbocycles. The van der Waals surface area contributed by atoms with Crippen LogP contribution in [0.5, 0.6) is 5.75 Å². The van der Waals surface area contributed by atoms with Crippen molar-refractivity contribution >= 4 is 28.5 Å². The Balaban J connectivity index is 1.20. The number of likely N-dealkylation sites (tertiary alicyclic amines) is 1. The molecule has 0 spiro atoms. The van der Waals surface area contributed by atoms with Gasteiger partial charge in [-0.3, -0.25) is 19.3 Å². The van der Waals surface area contributed by atoms with Crippen LogP contribution in [0.25, 0.3) is 22.4 Å². The molecule has 6 rings (SSSR count). The summed E-state index contributed by atoms with van der Waals surface area (Å²) < 4.78 is 5.79. The lowest BCUT2D eigenvalue weighted by atomic mass is 10.0. The van der Waals surface area contributed by atoms with Crippen LogP contribution in [0.1, 0.15) is 44.7 Å². The number of nitrogens with zero attached hydrogens (tertiary/aromatic N) is 3. The Morgan fingerprint density at radius 1 is 1.07 bits per heavy atom. The first-order valence-corrected chi connectivity index (χ1v) is 14.1. The predicted molar refractivity (Wildman–Crippen MR) is 159 cm³/mol. The Bertz CT molecular complexity index is 1680. The molecule has 218 valence electrons. The number of aromatic amines is 2. The zero-order valence-corrected chi connectivity index (χ0v) is 23.9. The number of rotatable bonds is 8. The highest BCUT2D eigenvalue weighted by Crippen LogP contribution is 2.32. The van der Waals surface area contributed by atoms with Crippen molar-refractivity contribution in [2.45, 2.75) is 38.8 Å². The number of piperidine rings is 1.